The Balaban J connectivity index is 1.99. The molecule has 8 nitrogen and oxygen atoms in total. The number of furan rings is 1. The number of hydrazine groups is 1. The molecule has 0 saturated heterocycles. The molecule has 0 atom stereocenters. The summed E-state index contributed by atoms with van der Waals surface area (Å²) in [5.74, 6) is -1.96. The molecule has 0 saturated carbocycles. The first-order valence-electron chi connectivity index (χ1n) is 6.89. The van der Waals surface area contributed by atoms with E-state index in [2.05, 4.69) is 0 Å². The number of benzene rings is 1. The van der Waals surface area contributed by atoms with Crippen molar-refractivity contribution in [2.75, 3.05) is 6.54 Å². The summed E-state index contributed by atoms with van der Waals surface area (Å²) >= 11 is 0. The standard InChI is InChI=1S/C14H12F3N3O5S/c15-14(16,17)8-18-12(21)9-3-5-10(6-4-9)26(23,24)20-19-13(22)11-2-1-7-25-11/h1-7,20H,8H2,(H,18,21)(H,19,22). The van der Waals surface area contributed by atoms with Crippen LogP contribution in [0.2, 0.25) is 0 Å². The summed E-state index contributed by atoms with van der Waals surface area (Å²) in [6, 6.07) is 6.83. The first kappa shape index (κ1) is 19.5. The van der Waals surface area contributed by atoms with E-state index in [9.17, 15) is 31.2 Å². The Kier molecular flexibility index (Phi) is 5.67. The Hall–Kier alpha value is -2.86. The second kappa shape index (κ2) is 7.58. The SMILES string of the molecule is O=C(NCC(F)(F)F)c1ccc(S(=O)(=O)NNC(=O)c2ccco2)cc1. The van der Waals surface area contributed by atoms with Gasteiger partial charge in [0.25, 0.3) is 15.9 Å². The lowest BCUT2D eigenvalue weighted by atomic mass is 10.2. The molecule has 1 aromatic carbocycles. The number of alkyl halides is 3. The fraction of sp³-hybridized carbons (Fsp3) is 0.143. The minimum atomic E-state index is -4.56. The third kappa shape index (κ3) is 5.32. The number of carbonyl (C=O) groups is 2. The maximum absolute atomic E-state index is 12.1. The molecule has 2 rings (SSSR count). The van der Waals surface area contributed by atoms with Crippen molar-refractivity contribution in [3.63, 3.8) is 0 Å². The van der Waals surface area contributed by atoms with Crippen molar-refractivity contribution >= 4 is 21.8 Å². The number of hydrogen-bond donors (Lipinski definition) is 3. The van der Waals surface area contributed by atoms with Crippen LogP contribution < -0.4 is 15.6 Å². The molecule has 26 heavy (non-hydrogen) atoms. The molecule has 0 fully saturated rings. The van der Waals surface area contributed by atoms with Gasteiger partial charge in [0.05, 0.1) is 11.2 Å². The molecule has 12 heteroatoms. The minimum absolute atomic E-state index is 0.121. The molecule has 0 aliphatic carbocycles. The summed E-state index contributed by atoms with van der Waals surface area (Å²) in [5, 5.41) is 1.66. The monoisotopic (exact) mass is 391 g/mol. The Morgan fingerprint density at radius 3 is 2.23 bits per heavy atom. The van der Waals surface area contributed by atoms with Gasteiger partial charge in [0.2, 0.25) is 0 Å². The fourth-order valence-electron chi connectivity index (χ4n) is 1.71. The highest BCUT2D eigenvalue weighted by Crippen LogP contribution is 2.14. The zero-order valence-corrected chi connectivity index (χ0v) is 13.6. The Labute approximate surface area is 145 Å². The van der Waals surface area contributed by atoms with Crippen LogP contribution in [-0.2, 0) is 10.0 Å². The molecule has 0 aliphatic rings. The van der Waals surface area contributed by atoms with Crippen LogP contribution in [0, 0.1) is 0 Å². The van der Waals surface area contributed by atoms with Gasteiger partial charge in [0.15, 0.2) is 5.76 Å². The molecular weight excluding hydrogens is 379 g/mol. The largest absolute Gasteiger partial charge is 0.459 e. The van der Waals surface area contributed by atoms with Gasteiger partial charge in [-0.25, -0.2) is 8.42 Å². The van der Waals surface area contributed by atoms with Crippen molar-refractivity contribution in [3.05, 3.63) is 54.0 Å². The lowest BCUT2D eigenvalue weighted by molar-refractivity contribution is -0.123. The second-order valence-corrected chi connectivity index (χ2v) is 6.54. The molecule has 2 aromatic rings. The number of amides is 2. The van der Waals surface area contributed by atoms with E-state index in [4.69, 9.17) is 4.42 Å². The lowest BCUT2D eigenvalue weighted by Crippen LogP contribution is -2.41. The van der Waals surface area contributed by atoms with Crippen LogP contribution in [0.3, 0.4) is 0 Å². The van der Waals surface area contributed by atoms with E-state index in [0.29, 0.717) is 0 Å². The molecule has 1 heterocycles. The normalized spacial score (nSPS) is 11.8. The molecular formula is C14H12F3N3O5S. The van der Waals surface area contributed by atoms with Gasteiger partial charge in [0, 0.05) is 5.56 Å². The first-order valence-corrected chi connectivity index (χ1v) is 8.37. The van der Waals surface area contributed by atoms with Gasteiger partial charge in [-0.05, 0) is 36.4 Å². The van der Waals surface area contributed by atoms with E-state index in [-0.39, 0.29) is 16.2 Å². The predicted molar refractivity (Wildman–Crippen MR) is 81.3 cm³/mol. The zero-order valence-electron chi connectivity index (χ0n) is 12.8. The van der Waals surface area contributed by atoms with Crippen LogP contribution in [-0.4, -0.2) is 33.0 Å². The van der Waals surface area contributed by atoms with Crippen molar-refractivity contribution < 1.29 is 35.6 Å². The Bertz CT molecular complexity index is 878. The van der Waals surface area contributed by atoms with Crippen molar-refractivity contribution in [3.8, 4) is 0 Å². The molecule has 0 spiro atoms. The molecule has 2 amide bonds. The van der Waals surface area contributed by atoms with Crippen molar-refractivity contribution in [2.24, 2.45) is 0 Å². The molecule has 0 aliphatic heterocycles. The molecule has 3 N–H and O–H groups in total. The van der Waals surface area contributed by atoms with Gasteiger partial charge < -0.3 is 9.73 Å². The van der Waals surface area contributed by atoms with Crippen LogP contribution in [0.4, 0.5) is 13.2 Å². The average Bonchev–Trinajstić information content (AvgIpc) is 3.12. The number of halogens is 3. The van der Waals surface area contributed by atoms with E-state index in [0.717, 1.165) is 24.3 Å². The number of hydrogen-bond acceptors (Lipinski definition) is 5. The number of rotatable bonds is 6. The van der Waals surface area contributed by atoms with Crippen LogP contribution in [0.25, 0.3) is 0 Å². The highest BCUT2D eigenvalue weighted by molar-refractivity contribution is 7.89. The summed E-state index contributed by atoms with van der Waals surface area (Å²) in [7, 11) is -4.16. The van der Waals surface area contributed by atoms with Crippen LogP contribution in [0.15, 0.2) is 52.0 Å². The van der Waals surface area contributed by atoms with Gasteiger partial charge >= 0.3 is 12.1 Å². The maximum Gasteiger partial charge on any atom is 0.405 e. The summed E-state index contributed by atoms with van der Waals surface area (Å²) in [6.07, 6.45) is -3.33. The van der Waals surface area contributed by atoms with E-state index in [1.807, 2.05) is 10.3 Å². The smallest absolute Gasteiger partial charge is 0.405 e. The topological polar surface area (TPSA) is 118 Å². The lowest BCUT2D eigenvalue weighted by Gasteiger charge is -2.10. The zero-order chi connectivity index (χ0) is 19.4. The number of carbonyl (C=O) groups excluding carboxylic acids is 2. The van der Waals surface area contributed by atoms with E-state index in [1.54, 1.807) is 5.32 Å². The predicted octanol–water partition coefficient (Wildman–Crippen LogP) is 1.20. The molecule has 0 radical (unpaired) electrons. The van der Waals surface area contributed by atoms with E-state index < -0.39 is 34.6 Å². The highest BCUT2D eigenvalue weighted by Gasteiger charge is 2.28. The Morgan fingerprint density at radius 2 is 1.69 bits per heavy atom. The summed E-state index contributed by atoms with van der Waals surface area (Å²) in [4.78, 5) is 24.7. The third-order valence-corrected chi connectivity index (χ3v) is 4.18. The van der Waals surface area contributed by atoms with Crippen LogP contribution >= 0.6 is 0 Å². The number of nitrogens with one attached hydrogen (secondary N) is 3. The maximum atomic E-state index is 12.1. The van der Waals surface area contributed by atoms with E-state index >= 15 is 0 Å². The van der Waals surface area contributed by atoms with Gasteiger partial charge in [-0.15, -0.1) is 4.83 Å². The summed E-state index contributed by atoms with van der Waals surface area (Å²) in [6.45, 7) is -1.51. The van der Waals surface area contributed by atoms with Gasteiger partial charge in [-0.1, -0.05) is 0 Å². The fourth-order valence-corrected chi connectivity index (χ4v) is 2.55. The van der Waals surface area contributed by atoms with Gasteiger partial charge in [-0.2, -0.15) is 13.2 Å². The molecule has 140 valence electrons. The summed E-state index contributed by atoms with van der Waals surface area (Å²) in [5.41, 5.74) is 1.76. The quantitative estimate of drug-likeness (QED) is 0.640. The molecule has 0 unspecified atom stereocenters. The van der Waals surface area contributed by atoms with Crippen molar-refractivity contribution in [1.82, 2.24) is 15.6 Å². The summed E-state index contributed by atoms with van der Waals surface area (Å²) < 4.78 is 65.0. The number of sulfonamides is 1. The second-order valence-electron chi connectivity index (χ2n) is 4.86. The van der Waals surface area contributed by atoms with Gasteiger partial charge in [-0.3, -0.25) is 15.0 Å². The van der Waals surface area contributed by atoms with Crippen molar-refractivity contribution in [1.29, 1.82) is 0 Å². The minimum Gasteiger partial charge on any atom is -0.459 e. The first-order chi connectivity index (χ1) is 12.1. The average molecular weight is 391 g/mol. The third-order valence-electron chi connectivity index (χ3n) is 2.92. The molecule has 0 bridgehead atoms. The Morgan fingerprint density at radius 1 is 1.04 bits per heavy atom. The van der Waals surface area contributed by atoms with Crippen LogP contribution in [0.1, 0.15) is 20.9 Å². The molecule has 1 aromatic heterocycles. The highest BCUT2D eigenvalue weighted by atomic mass is 32.2. The van der Waals surface area contributed by atoms with E-state index in [1.165, 1.54) is 18.4 Å². The van der Waals surface area contributed by atoms with Crippen molar-refractivity contribution in [2.45, 2.75) is 11.1 Å². The van der Waals surface area contributed by atoms with Gasteiger partial charge in [0.1, 0.15) is 6.54 Å². The van der Waals surface area contributed by atoms with Crippen LogP contribution in [0.5, 0.6) is 0 Å².